The van der Waals surface area contributed by atoms with Gasteiger partial charge in [-0.1, -0.05) is 0 Å². The maximum atomic E-state index is 12.0. The van der Waals surface area contributed by atoms with Gasteiger partial charge < -0.3 is 20.4 Å². The highest BCUT2D eigenvalue weighted by Crippen LogP contribution is 2.19. The van der Waals surface area contributed by atoms with Crippen LogP contribution in [-0.2, 0) is 6.54 Å². The van der Waals surface area contributed by atoms with Crippen LogP contribution in [0.25, 0.3) is 0 Å². The topological polar surface area (TPSA) is 82.2 Å². The van der Waals surface area contributed by atoms with E-state index in [1.807, 2.05) is 10.8 Å². The van der Waals surface area contributed by atoms with Gasteiger partial charge in [0.15, 0.2) is 0 Å². The van der Waals surface area contributed by atoms with Crippen molar-refractivity contribution in [1.29, 1.82) is 0 Å². The molecule has 0 spiro atoms. The summed E-state index contributed by atoms with van der Waals surface area (Å²) in [5.41, 5.74) is 6.71. The number of aryl methyl sites for hydroxylation is 1. The number of carbonyl (C=O) groups excluding carboxylic acids is 1. The number of amides is 1. The van der Waals surface area contributed by atoms with E-state index in [9.17, 15) is 4.79 Å². The van der Waals surface area contributed by atoms with Gasteiger partial charge in [-0.25, -0.2) is 4.98 Å². The van der Waals surface area contributed by atoms with Crippen LogP contribution in [0.4, 0.5) is 5.69 Å². The molecule has 0 aliphatic rings. The van der Waals surface area contributed by atoms with E-state index in [-0.39, 0.29) is 5.91 Å². The number of nitrogen functional groups attached to an aromatic ring is 1. The first-order valence-corrected chi connectivity index (χ1v) is 6.38. The molecule has 2 rings (SSSR count). The number of anilines is 1. The first-order chi connectivity index (χ1) is 9.70. The summed E-state index contributed by atoms with van der Waals surface area (Å²) in [6, 6.07) is 5.02. The third kappa shape index (κ3) is 3.50. The Morgan fingerprint density at radius 3 is 3.00 bits per heavy atom. The Morgan fingerprint density at radius 2 is 2.35 bits per heavy atom. The summed E-state index contributed by atoms with van der Waals surface area (Å²) in [5.74, 6) is 0.468. The van der Waals surface area contributed by atoms with Gasteiger partial charge in [0.05, 0.1) is 19.0 Å². The minimum atomic E-state index is -0.171. The molecule has 20 heavy (non-hydrogen) atoms. The van der Waals surface area contributed by atoms with E-state index in [1.54, 1.807) is 37.8 Å². The molecule has 1 heterocycles. The van der Waals surface area contributed by atoms with Crippen molar-refractivity contribution >= 4 is 11.6 Å². The molecule has 0 radical (unpaired) electrons. The molecule has 0 aliphatic heterocycles. The van der Waals surface area contributed by atoms with Gasteiger partial charge in [-0.2, -0.15) is 0 Å². The highest BCUT2D eigenvalue weighted by atomic mass is 16.5. The third-order valence-corrected chi connectivity index (χ3v) is 2.94. The van der Waals surface area contributed by atoms with E-state index in [0.29, 0.717) is 23.5 Å². The van der Waals surface area contributed by atoms with Crippen molar-refractivity contribution in [2.45, 2.75) is 13.0 Å². The van der Waals surface area contributed by atoms with Crippen molar-refractivity contribution in [2.24, 2.45) is 0 Å². The second-order valence-corrected chi connectivity index (χ2v) is 4.36. The lowest BCUT2D eigenvalue weighted by Crippen LogP contribution is -2.26. The zero-order chi connectivity index (χ0) is 14.4. The summed E-state index contributed by atoms with van der Waals surface area (Å²) in [4.78, 5) is 15.9. The molecule has 0 bridgehead atoms. The Hall–Kier alpha value is -2.50. The third-order valence-electron chi connectivity index (χ3n) is 2.94. The van der Waals surface area contributed by atoms with Gasteiger partial charge in [0.25, 0.3) is 5.91 Å². The lowest BCUT2D eigenvalue weighted by molar-refractivity contribution is 0.0953. The molecule has 1 aromatic carbocycles. The molecular formula is C14H18N4O2. The summed E-state index contributed by atoms with van der Waals surface area (Å²) in [7, 11) is 1.56. The number of ether oxygens (including phenoxy) is 1. The Kier molecular flexibility index (Phi) is 4.60. The SMILES string of the molecule is COc1ccc(C(=O)NCCCn2ccnc2)c(N)c1. The van der Waals surface area contributed by atoms with Gasteiger partial charge in [-0.05, 0) is 18.6 Å². The first-order valence-electron chi connectivity index (χ1n) is 6.38. The van der Waals surface area contributed by atoms with E-state index in [4.69, 9.17) is 10.5 Å². The molecule has 0 unspecified atom stereocenters. The number of hydrogen-bond donors (Lipinski definition) is 2. The number of nitrogens with one attached hydrogen (secondary N) is 1. The molecule has 0 aliphatic carbocycles. The lowest BCUT2D eigenvalue weighted by atomic mass is 10.1. The van der Waals surface area contributed by atoms with Crippen molar-refractivity contribution in [1.82, 2.24) is 14.9 Å². The van der Waals surface area contributed by atoms with Crippen molar-refractivity contribution in [3.05, 3.63) is 42.5 Å². The molecule has 0 saturated heterocycles. The van der Waals surface area contributed by atoms with Gasteiger partial charge in [-0.15, -0.1) is 0 Å². The van der Waals surface area contributed by atoms with Crippen molar-refractivity contribution < 1.29 is 9.53 Å². The molecular weight excluding hydrogens is 256 g/mol. The lowest BCUT2D eigenvalue weighted by Gasteiger charge is -2.09. The average molecular weight is 274 g/mol. The number of hydrogen-bond acceptors (Lipinski definition) is 4. The van der Waals surface area contributed by atoms with E-state index in [1.165, 1.54) is 0 Å². The number of nitrogens with zero attached hydrogens (tertiary/aromatic N) is 2. The van der Waals surface area contributed by atoms with Crippen LogP contribution in [0.15, 0.2) is 36.9 Å². The zero-order valence-corrected chi connectivity index (χ0v) is 11.4. The normalized spacial score (nSPS) is 10.2. The van der Waals surface area contributed by atoms with E-state index < -0.39 is 0 Å². The van der Waals surface area contributed by atoms with Crippen LogP contribution in [0.2, 0.25) is 0 Å². The van der Waals surface area contributed by atoms with Crippen LogP contribution in [0.5, 0.6) is 5.75 Å². The zero-order valence-electron chi connectivity index (χ0n) is 11.4. The summed E-state index contributed by atoms with van der Waals surface area (Å²) < 4.78 is 7.02. The van der Waals surface area contributed by atoms with Crippen molar-refractivity contribution in [2.75, 3.05) is 19.4 Å². The minimum absolute atomic E-state index is 0.171. The molecule has 0 fully saturated rings. The molecule has 1 aromatic heterocycles. The molecule has 3 N–H and O–H groups in total. The number of aromatic nitrogens is 2. The van der Waals surface area contributed by atoms with Gasteiger partial charge in [0, 0.05) is 37.2 Å². The minimum Gasteiger partial charge on any atom is -0.497 e. The fourth-order valence-corrected chi connectivity index (χ4v) is 1.85. The maximum Gasteiger partial charge on any atom is 0.253 e. The smallest absolute Gasteiger partial charge is 0.253 e. The Morgan fingerprint density at radius 1 is 1.50 bits per heavy atom. The van der Waals surface area contributed by atoms with Crippen LogP contribution in [0.3, 0.4) is 0 Å². The second-order valence-electron chi connectivity index (χ2n) is 4.36. The number of nitrogens with two attached hydrogens (primary N) is 1. The van der Waals surface area contributed by atoms with Gasteiger partial charge in [0.1, 0.15) is 5.75 Å². The second kappa shape index (κ2) is 6.60. The fraction of sp³-hybridized carbons (Fsp3) is 0.286. The highest BCUT2D eigenvalue weighted by Gasteiger charge is 2.09. The van der Waals surface area contributed by atoms with Crippen LogP contribution in [-0.4, -0.2) is 29.1 Å². The van der Waals surface area contributed by atoms with Crippen LogP contribution in [0.1, 0.15) is 16.8 Å². The molecule has 1 amide bonds. The van der Waals surface area contributed by atoms with Crippen LogP contribution >= 0.6 is 0 Å². The Bertz CT molecular complexity index is 567. The van der Waals surface area contributed by atoms with E-state index in [2.05, 4.69) is 10.3 Å². The van der Waals surface area contributed by atoms with Gasteiger partial charge >= 0.3 is 0 Å². The summed E-state index contributed by atoms with van der Waals surface area (Å²) in [5, 5.41) is 2.85. The van der Waals surface area contributed by atoms with Crippen molar-refractivity contribution in [3.8, 4) is 5.75 Å². The van der Waals surface area contributed by atoms with Gasteiger partial charge in [0.2, 0.25) is 0 Å². The predicted molar refractivity (Wildman–Crippen MR) is 76.6 cm³/mol. The van der Waals surface area contributed by atoms with Gasteiger partial charge in [-0.3, -0.25) is 4.79 Å². The summed E-state index contributed by atoms with van der Waals surface area (Å²) in [6.45, 7) is 1.40. The predicted octanol–water partition coefficient (Wildman–Crippen LogP) is 1.29. The number of rotatable bonds is 6. The maximum absolute atomic E-state index is 12.0. The number of carbonyl (C=O) groups is 1. The molecule has 0 saturated carbocycles. The highest BCUT2D eigenvalue weighted by molar-refractivity contribution is 5.99. The Labute approximate surface area is 117 Å². The summed E-state index contributed by atoms with van der Waals surface area (Å²) >= 11 is 0. The number of benzene rings is 1. The first kappa shape index (κ1) is 13.9. The molecule has 6 nitrogen and oxygen atoms in total. The number of methoxy groups -OCH3 is 1. The monoisotopic (exact) mass is 274 g/mol. The standard InChI is InChI=1S/C14H18N4O2/c1-20-11-3-4-12(13(15)9-11)14(19)17-5-2-7-18-8-6-16-10-18/h3-4,6,8-10H,2,5,7,15H2,1H3,(H,17,19). The molecule has 2 aromatic rings. The van der Waals surface area contributed by atoms with E-state index >= 15 is 0 Å². The van der Waals surface area contributed by atoms with Crippen LogP contribution in [0, 0.1) is 0 Å². The summed E-state index contributed by atoms with van der Waals surface area (Å²) in [6.07, 6.45) is 6.21. The number of imidazole rings is 1. The van der Waals surface area contributed by atoms with E-state index in [0.717, 1.165) is 13.0 Å². The van der Waals surface area contributed by atoms with Crippen molar-refractivity contribution in [3.63, 3.8) is 0 Å². The Balaban J connectivity index is 1.82. The average Bonchev–Trinajstić information content (AvgIpc) is 2.96. The largest absolute Gasteiger partial charge is 0.497 e. The fourth-order valence-electron chi connectivity index (χ4n) is 1.85. The molecule has 0 atom stereocenters. The quantitative estimate of drug-likeness (QED) is 0.614. The van der Waals surface area contributed by atoms with Crippen LogP contribution < -0.4 is 15.8 Å². The molecule has 106 valence electrons. The molecule has 6 heteroatoms.